The van der Waals surface area contributed by atoms with Gasteiger partial charge in [0.05, 0.1) is 18.8 Å². The molecule has 1 aromatic heterocycles. The zero-order chi connectivity index (χ0) is 17.4. The maximum absolute atomic E-state index is 12.1. The molecule has 0 bridgehead atoms. The number of amides is 2. The molecule has 1 atom stereocenters. The maximum atomic E-state index is 12.1. The van der Waals surface area contributed by atoms with E-state index in [1.165, 1.54) is 0 Å². The molecule has 2 N–H and O–H groups in total. The first-order valence-electron chi connectivity index (χ1n) is 8.21. The van der Waals surface area contributed by atoms with Crippen molar-refractivity contribution in [3.8, 4) is 0 Å². The van der Waals surface area contributed by atoms with Crippen molar-refractivity contribution in [2.24, 2.45) is 0 Å². The van der Waals surface area contributed by atoms with Crippen LogP contribution < -0.4 is 10.6 Å². The lowest BCUT2D eigenvalue weighted by Gasteiger charge is -2.15. The standard InChI is InChI=1S/C18H25N3O2S/c1-4-16(17-19-8-9-24-17)21-18(22)20-11-14-6-5-7-15(10-14)12-23-13(2)3/h5-10,13,16H,4,11-12H2,1-3H3,(H2,20,21,22). The number of hydrogen-bond donors (Lipinski definition) is 2. The first-order chi connectivity index (χ1) is 11.6. The maximum Gasteiger partial charge on any atom is 0.315 e. The van der Waals surface area contributed by atoms with Crippen LogP contribution in [0.4, 0.5) is 4.79 Å². The van der Waals surface area contributed by atoms with Crippen LogP contribution in [-0.4, -0.2) is 17.1 Å². The molecule has 24 heavy (non-hydrogen) atoms. The van der Waals surface area contributed by atoms with Crippen molar-refractivity contribution in [3.63, 3.8) is 0 Å². The number of hydrogen-bond acceptors (Lipinski definition) is 4. The van der Waals surface area contributed by atoms with E-state index < -0.39 is 0 Å². The van der Waals surface area contributed by atoms with E-state index >= 15 is 0 Å². The Kier molecular flexibility index (Phi) is 7.21. The molecule has 0 aliphatic rings. The second-order valence-corrected chi connectivity index (χ2v) is 6.76. The fourth-order valence-electron chi connectivity index (χ4n) is 2.23. The molecule has 2 aromatic rings. The molecule has 0 aliphatic carbocycles. The third-order valence-corrected chi connectivity index (χ3v) is 4.38. The Morgan fingerprint density at radius 2 is 2.12 bits per heavy atom. The van der Waals surface area contributed by atoms with Crippen molar-refractivity contribution in [2.75, 3.05) is 0 Å². The summed E-state index contributed by atoms with van der Waals surface area (Å²) in [6.07, 6.45) is 2.77. The number of nitrogens with one attached hydrogen (secondary N) is 2. The van der Waals surface area contributed by atoms with Crippen LogP contribution in [-0.2, 0) is 17.9 Å². The van der Waals surface area contributed by atoms with Crippen LogP contribution in [0.15, 0.2) is 35.8 Å². The van der Waals surface area contributed by atoms with Crippen LogP contribution in [0.2, 0.25) is 0 Å². The number of nitrogens with zero attached hydrogens (tertiary/aromatic N) is 1. The number of benzene rings is 1. The van der Waals surface area contributed by atoms with Crippen molar-refractivity contribution >= 4 is 17.4 Å². The summed E-state index contributed by atoms with van der Waals surface area (Å²) in [5.41, 5.74) is 2.16. The molecule has 6 heteroatoms. The van der Waals surface area contributed by atoms with Crippen LogP contribution in [0, 0.1) is 0 Å². The van der Waals surface area contributed by atoms with E-state index in [0.29, 0.717) is 13.2 Å². The molecule has 1 heterocycles. The van der Waals surface area contributed by atoms with Gasteiger partial charge in [-0.3, -0.25) is 0 Å². The Labute approximate surface area is 147 Å². The Hall–Kier alpha value is -1.92. The summed E-state index contributed by atoms with van der Waals surface area (Å²) in [6.45, 7) is 7.13. The van der Waals surface area contributed by atoms with Gasteiger partial charge in [-0.05, 0) is 31.4 Å². The molecular weight excluding hydrogens is 322 g/mol. The van der Waals surface area contributed by atoms with E-state index in [4.69, 9.17) is 4.74 Å². The van der Waals surface area contributed by atoms with Gasteiger partial charge in [-0.25, -0.2) is 9.78 Å². The van der Waals surface area contributed by atoms with E-state index in [1.807, 2.05) is 44.4 Å². The summed E-state index contributed by atoms with van der Waals surface area (Å²) in [5, 5.41) is 8.72. The number of ether oxygens (including phenoxy) is 1. The zero-order valence-electron chi connectivity index (χ0n) is 14.4. The smallest absolute Gasteiger partial charge is 0.315 e. The van der Waals surface area contributed by atoms with Crippen LogP contribution in [0.1, 0.15) is 49.4 Å². The minimum absolute atomic E-state index is 0.0456. The summed E-state index contributed by atoms with van der Waals surface area (Å²) < 4.78 is 5.61. The molecule has 0 saturated carbocycles. The number of thiazole rings is 1. The first kappa shape index (κ1) is 18.4. The minimum atomic E-state index is -0.180. The molecule has 5 nitrogen and oxygen atoms in total. The average Bonchev–Trinajstić information content (AvgIpc) is 3.11. The molecule has 0 saturated heterocycles. The third-order valence-electron chi connectivity index (χ3n) is 3.49. The fourth-order valence-corrected chi connectivity index (χ4v) is 3.00. The molecule has 2 rings (SSSR count). The fraction of sp³-hybridized carbons (Fsp3) is 0.444. The third kappa shape index (κ3) is 5.94. The van der Waals surface area contributed by atoms with Crippen LogP contribution >= 0.6 is 11.3 Å². The molecule has 0 aliphatic heterocycles. The highest BCUT2D eigenvalue weighted by Crippen LogP contribution is 2.18. The van der Waals surface area contributed by atoms with Crippen LogP contribution in [0.25, 0.3) is 0 Å². The second kappa shape index (κ2) is 9.39. The lowest BCUT2D eigenvalue weighted by atomic mass is 10.1. The average molecular weight is 347 g/mol. The lowest BCUT2D eigenvalue weighted by Crippen LogP contribution is -2.37. The zero-order valence-corrected chi connectivity index (χ0v) is 15.2. The summed E-state index contributed by atoms with van der Waals surface area (Å²) in [4.78, 5) is 16.4. The first-order valence-corrected chi connectivity index (χ1v) is 9.09. The van der Waals surface area contributed by atoms with E-state index in [9.17, 15) is 4.79 Å². The molecule has 0 fully saturated rings. The quantitative estimate of drug-likeness (QED) is 0.758. The Bertz CT molecular complexity index is 629. The van der Waals surface area contributed by atoms with Gasteiger partial charge in [-0.1, -0.05) is 31.2 Å². The molecule has 1 aromatic carbocycles. The largest absolute Gasteiger partial charge is 0.374 e. The molecular formula is C18H25N3O2S. The molecule has 0 spiro atoms. The number of urea groups is 1. The van der Waals surface area contributed by atoms with Crippen LogP contribution in [0.3, 0.4) is 0 Å². The number of rotatable bonds is 8. The summed E-state index contributed by atoms with van der Waals surface area (Å²) >= 11 is 1.55. The van der Waals surface area contributed by atoms with E-state index in [-0.39, 0.29) is 18.2 Å². The van der Waals surface area contributed by atoms with Crippen molar-refractivity contribution in [1.82, 2.24) is 15.6 Å². The minimum Gasteiger partial charge on any atom is -0.374 e. The molecule has 130 valence electrons. The molecule has 1 unspecified atom stereocenters. The second-order valence-electron chi connectivity index (χ2n) is 5.84. The van der Waals surface area contributed by atoms with E-state index in [2.05, 4.69) is 21.7 Å². The summed E-state index contributed by atoms with van der Waals surface area (Å²) in [7, 11) is 0. The van der Waals surface area contributed by atoms with Crippen LogP contribution in [0.5, 0.6) is 0 Å². The van der Waals surface area contributed by atoms with E-state index in [0.717, 1.165) is 22.6 Å². The Morgan fingerprint density at radius 1 is 1.33 bits per heavy atom. The number of carbonyl (C=O) groups is 1. The number of carbonyl (C=O) groups excluding carboxylic acids is 1. The monoisotopic (exact) mass is 347 g/mol. The SMILES string of the molecule is CCC(NC(=O)NCc1cccc(COC(C)C)c1)c1nccs1. The van der Waals surface area contributed by atoms with Gasteiger partial charge in [0, 0.05) is 18.1 Å². The predicted octanol–water partition coefficient (Wildman–Crippen LogP) is 4.02. The van der Waals surface area contributed by atoms with Crippen molar-refractivity contribution in [3.05, 3.63) is 52.0 Å². The van der Waals surface area contributed by atoms with Gasteiger partial charge >= 0.3 is 6.03 Å². The number of aromatic nitrogens is 1. The summed E-state index contributed by atoms with van der Waals surface area (Å²) in [5.74, 6) is 0. The highest BCUT2D eigenvalue weighted by molar-refractivity contribution is 7.09. The topological polar surface area (TPSA) is 63.2 Å². The molecule has 2 amide bonds. The highest BCUT2D eigenvalue weighted by Gasteiger charge is 2.14. The van der Waals surface area contributed by atoms with Gasteiger partial charge in [0.15, 0.2) is 0 Å². The van der Waals surface area contributed by atoms with Gasteiger partial charge in [0.1, 0.15) is 5.01 Å². The van der Waals surface area contributed by atoms with Gasteiger partial charge in [0.2, 0.25) is 0 Å². The summed E-state index contributed by atoms with van der Waals surface area (Å²) in [6, 6.07) is 7.84. The van der Waals surface area contributed by atoms with Gasteiger partial charge in [-0.2, -0.15) is 0 Å². The van der Waals surface area contributed by atoms with Gasteiger partial charge < -0.3 is 15.4 Å². The van der Waals surface area contributed by atoms with Crippen molar-refractivity contribution in [1.29, 1.82) is 0 Å². The molecule has 0 radical (unpaired) electrons. The van der Waals surface area contributed by atoms with Crippen molar-refractivity contribution < 1.29 is 9.53 Å². The highest BCUT2D eigenvalue weighted by atomic mass is 32.1. The lowest BCUT2D eigenvalue weighted by molar-refractivity contribution is 0.0657. The van der Waals surface area contributed by atoms with E-state index in [1.54, 1.807) is 17.5 Å². The van der Waals surface area contributed by atoms with Gasteiger partial charge in [-0.15, -0.1) is 11.3 Å². The Balaban J connectivity index is 1.84. The van der Waals surface area contributed by atoms with Crippen molar-refractivity contribution in [2.45, 2.75) is 52.5 Å². The normalized spacial score (nSPS) is 12.2. The Morgan fingerprint density at radius 3 is 2.79 bits per heavy atom. The van der Waals surface area contributed by atoms with Gasteiger partial charge in [0.25, 0.3) is 0 Å². The predicted molar refractivity (Wildman–Crippen MR) is 96.9 cm³/mol.